The van der Waals surface area contributed by atoms with Crippen molar-refractivity contribution >= 4 is 17.2 Å². The number of nitrogens with zero attached hydrogens (tertiary/aromatic N) is 1. The molecule has 1 aliphatic heterocycles. The number of halogens is 1. The number of rotatable bonds is 4. The SMILES string of the molecule is O=c1[nH]c2ccc(/C=C/CN3CCC(c4ccc(F)cc4)CC3)cc2o1. The van der Waals surface area contributed by atoms with Crippen molar-refractivity contribution in [2.24, 2.45) is 0 Å². The van der Waals surface area contributed by atoms with Gasteiger partial charge in [-0.1, -0.05) is 30.4 Å². The van der Waals surface area contributed by atoms with Gasteiger partial charge in [-0.3, -0.25) is 9.88 Å². The first-order valence-electron chi connectivity index (χ1n) is 8.94. The summed E-state index contributed by atoms with van der Waals surface area (Å²) in [7, 11) is 0. The molecule has 1 fully saturated rings. The summed E-state index contributed by atoms with van der Waals surface area (Å²) in [5.41, 5.74) is 3.55. The van der Waals surface area contributed by atoms with Crippen molar-refractivity contribution in [3.63, 3.8) is 0 Å². The van der Waals surface area contributed by atoms with Crippen LogP contribution in [0.2, 0.25) is 0 Å². The Bertz CT molecular complexity index is 964. The Morgan fingerprint density at radius 2 is 1.92 bits per heavy atom. The molecular formula is C21H21FN2O2. The zero-order chi connectivity index (χ0) is 17.9. The van der Waals surface area contributed by atoms with E-state index in [9.17, 15) is 9.18 Å². The third kappa shape index (κ3) is 3.78. The number of hydrogen-bond acceptors (Lipinski definition) is 3. The summed E-state index contributed by atoms with van der Waals surface area (Å²) in [5.74, 6) is -0.0756. The normalized spacial score (nSPS) is 16.7. The number of piperidine rings is 1. The van der Waals surface area contributed by atoms with Crippen molar-refractivity contribution < 1.29 is 8.81 Å². The van der Waals surface area contributed by atoms with Crippen LogP contribution in [-0.2, 0) is 0 Å². The van der Waals surface area contributed by atoms with Gasteiger partial charge < -0.3 is 4.42 Å². The fourth-order valence-electron chi connectivity index (χ4n) is 3.59. The minimum atomic E-state index is -0.426. The van der Waals surface area contributed by atoms with Crippen LogP contribution in [0.1, 0.15) is 29.9 Å². The first-order chi connectivity index (χ1) is 12.7. The van der Waals surface area contributed by atoms with Gasteiger partial charge in [-0.15, -0.1) is 0 Å². The lowest BCUT2D eigenvalue weighted by Gasteiger charge is -2.31. The summed E-state index contributed by atoms with van der Waals surface area (Å²) >= 11 is 0. The summed E-state index contributed by atoms with van der Waals surface area (Å²) in [5, 5.41) is 0. The van der Waals surface area contributed by atoms with Crippen LogP contribution in [0.4, 0.5) is 4.39 Å². The zero-order valence-corrected chi connectivity index (χ0v) is 14.5. The number of likely N-dealkylation sites (tertiary alicyclic amines) is 1. The number of hydrogen-bond donors (Lipinski definition) is 1. The summed E-state index contributed by atoms with van der Waals surface area (Å²) in [6.45, 7) is 2.97. The van der Waals surface area contributed by atoms with Gasteiger partial charge in [-0.05, 0) is 67.2 Å². The molecule has 26 heavy (non-hydrogen) atoms. The summed E-state index contributed by atoms with van der Waals surface area (Å²) in [4.78, 5) is 16.3. The van der Waals surface area contributed by atoms with E-state index < -0.39 is 5.76 Å². The molecule has 0 amide bonds. The van der Waals surface area contributed by atoms with Crippen LogP contribution in [0.3, 0.4) is 0 Å². The summed E-state index contributed by atoms with van der Waals surface area (Å²) in [6.07, 6.45) is 6.39. The van der Waals surface area contributed by atoms with Gasteiger partial charge in [0.25, 0.3) is 0 Å². The maximum atomic E-state index is 13.0. The summed E-state index contributed by atoms with van der Waals surface area (Å²) in [6, 6.07) is 12.6. The highest BCUT2D eigenvalue weighted by Crippen LogP contribution is 2.28. The van der Waals surface area contributed by atoms with Crippen LogP contribution in [0, 0.1) is 5.82 Å². The van der Waals surface area contributed by atoms with Crippen LogP contribution in [-0.4, -0.2) is 29.5 Å². The fraction of sp³-hybridized carbons (Fsp3) is 0.286. The van der Waals surface area contributed by atoms with Gasteiger partial charge in [0.05, 0.1) is 5.52 Å². The highest BCUT2D eigenvalue weighted by atomic mass is 19.1. The molecule has 0 bridgehead atoms. The molecule has 1 aromatic heterocycles. The molecular weight excluding hydrogens is 331 g/mol. The minimum absolute atomic E-state index is 0.173. The van der Waals surface area contributed by atoms with Gasteiger partial charge in [-0.25, -0.2) is 9.18 Å². The lowest BCUT2D eigenvalue weighted by Crippen LogP contribution is -2.33. The Hall–Kier alpha value is -2.66. The number of fused-ring (bicyclic) bond motifs is 1. The van der Waals surface area contributed by atoms with E-state index in [1.807, 2.05) is 30.3 Å². The van der Waals surface area contributed by atoms with Crippen molar-refractivity contribution in [2.75, 3.05) is 19.6 Å². The number of H-pyrrole nitrogens is 1. The zero-order valence-electron chi connectivity index (χ0n) is 14.5. The molecule has 1 aliphatic rings. The Balaban J connectivity index is 1.31. The topological polar surface area (TPSA) is 49.2 Å². The Morgan fingerprint density at radius 3 is 2.69 bits per heavy atom. The van der Waals surface area contributed by atoms with Gasteiger partial charge >= 0.3 is 5.76 Å². The molecule has 4 rings (SSSR count). The predicted octanol–water partition coefficient (Wildman–Crippen LogP) is 4.15. The minimum Gasteiger partial charge on any atom is -0.408 e. The second-order valence-corrected chi connectivity index (χ2v) is 6.80. The standard InChI is InChI=1S/C21H21FN2O2/c22-18-6-4-16(5-7-18)17-9-12-24(13-10-17)11-1-2-15-3-8-19-20(14-15)26-21(25)23-19/h1-8,14,17H,9-13H2,(H,23,25)/b2-1+. The van der Waals surface area contributed by atoms with Crippen molar-refractivity contribution in [3.8, 4) is 0 Å². The van der Waals surface area contributed by atoms with E-state index >= 15 is 0 Å². The number of benzene rings is 2. The van der Waals surface area contributed by atoms with E-state index in [1.165, 1.54) is 5.56 Å². The number of aromatic nitrogens is 1. The maximum Gasteiger partial charge on any atom is 0.417 e. The van der Waals surface area contributed by atoms with E-state index in [1.54, 1.807) is 12.1 Å². The van der Waals surface area contributed by atoms with Gasteiger partial charge in [0.1, 0.15) is 5.82 Å². The molecule has 134 valence electrons. The second kappa shape index (κ2) is 7.30. The second-order valence-electron chi connectivity index (χ2n) is 6.80. The van der Waals surface area contributed by atoms with Crippen LogP contribution in [0.5, 0.6) is 0 Å². The van der Waals surface area contributed by atoms with Gasteiger partial charge in [-0.2, -0.15) is 0 Å². The molecule has 0 atom stereocenters. The number of nitrogens with one attached hydrogen (secondary N) is 1. The first-order valence-corrected chi connectivity index (χ1v) is 8.94. The molecule has 4 nitrogen and oxygen atoms in total. The Labute approximate surface area is 150 Å². The van der Waals surface area contributed by atoms with E-state index in [0.29, 0.717) is 11.5 Å². The highest BCUT2D eigenvalue weighted by molar-refractivity contribution is 5.75. The Morgan fingerprint density at radius 1 is 1.15 bits per heavy atom. The molecule has 0 unspecified atom stereocenters. The molecule has 2 aromatic carbocycles. The van der Waals surface area contributed by atoms with Crippen molar-refractivity contribution in [1.82, 2.24) is 9.88 Å². The Kier molecular flexibility index (Phi) is 4.71. The predicted molar refractivity (Wildman–Crippen MR) is 101 cm³/mol. The molecule has 2 heterocycles. The third-order valence-electron chi connectivity index (χ3n) is 5.05. The van der Waals surface area contributed by atoms with Gasteiger partial charge in [0.2, 0.25) is 0 Å². The van der Waals surface area contributed by atoms with Gasteiger partial charge in [0, 0.05) is 6.54 Å². The van der Waals surface area contributed by atoms with E-state index in [-0.39, 0.29) is 5.82 Å². The van der Waals surface area contributed by atoms with Crippen LogP contribution in [0.25, 0.3) is 17.2 Å². The molecule has 0 radical (unpaired) electrons. The number of aromatic amines is 1. The van der Waals surface area contributed by atoms with Crippen molar-refractivity contribution in [1.29, 1.82) is 0 Å². The molecule has 0 aliphatic carbocycles. The van der Waals surface area contributed by atoms with E-state index in [2.05, 4.69) is 22.0 Å². The van der Waals surface area contributed by atoms with Crippen molar-refractivity contribution in [3.05, 3.63) is 76.0 Å². The fourth-order valence-corrected chi connectivity index (χ4v) is 3.59. The molecule has 0 saturated carbocycles. The third-order valence-corrected chi connectivity index (χ3v) is 5.05. The smallest absolute Gasteiger partial charge is 0.408 e. The average molecular weight is 352 g/mol. The number of oxazole rings is 1. The van der Waals surface area contributed by atoms with Crippen LogP contribution < -0.4 is 5.76 Å². The quantitative estimate of drug-likeness (QED) is 0.767. The van der Waals surface area contributed by atoms with E-state index in [4.69, 9.17) is 4.42 Å². The van der Waals surface area contributed by atoms with E-state index in [0.717, 1.165) is 43.6 Å². The first kappa shape index (κ1) is 16.8. The highest BCUT2D eigenvalue weighted by Gasteiger charge is 2.19. The summed E-state index contributed by atoms with van der Waals surface area (Å²) < 4.78 is 18.1. The molecule has 1 saturated heterocycles. The van der Waals surface area contributed by atoms with Crippen LogP contribution >= 0.6 is 0 Å². The maximum absolute atomic E-state index is 13.0. The molecule has 0 spiro atoms. The van der Waals surface area contributed by atoms with Crippen LogP contribution in [0.15, 0.2) is 57.8 Å². The molecule has 5 heteroatoms. The lowest BCUT2D eigenvalue weighted by molar-refractivity contribution is 0.233. The molecule has 3 aromatic rings. The average Bonchev–Trinajstić information content (AvgIpc) is 3.02. The molecule has 1 N–H and O–H groups in total. The van der Waals surface area contributed by atoms with Gasteiger partial charge in [0.15, 0.2) is 5.58 Å². The monoisotopic (exact) mass is 352 g/mol. The lowest BCUT2D eigenvalue weighted by atomic mass is 9.89. The van der Waals surface area contributed by atoms with Crippen molar-refractivity contribution in [2.45, 2.75) is 18.8 Å². The largest absolute Gasteiger partial charge is 0.417 e.